The first kappa shape index (κ1) is 21.4. The molecular weight excluding hydrogens is 364 g/mol. The lowest BCUT2D eigenvalue weighted by molar-refractivity contribution is -0.152. The van der Waals surface area contributed by atoms with Crippen LogP contribution in [0.2, 0.25) is 0 Å². The van der Waals surface area contributed by atoms with Crippen molar-refractivity contribution in [1.82, 2.24) is 0 Å². The van der Waals surface area contributed by atoms with E-state index < -0.39 is 23.8 Å². The first-order valence-corrected chi connectivity index (χ1v) is 10.6. The quantitative estimate of drug-likeness (QED) is 0.351. The van der Waals surface area contributed by atoms with Gasteiger partial charge >= 0.3 is 5.97 Å². The van der Waals surface area contributed by atoms with Crippen LogP contribution >= 0.6 is 0 Å². The van der Waals surface area contributed by atoms with Crippen molar-refractivity contribution in [2.45, 2.75) is 46.6 Å². The number of hydrogen-bond donors (Lipinski definition) is 1. The summed E-state index contributed by atoms with van der Waals surface area (Å²) in [6, 6.07) is 0. The number of carbonyl (C=O) groups is 2. The molecule has 0 aromatic heterocycles. The van der Waals surface area contributed by atoms with Crippen LogP contribution in [0.4, 0.5) is 0 Å². The molecule has 4 nitrogen and oxygen atoms in total. The number of hydrogen-bond acceptors (Lipinski definition) is 4. The Morgan fingerprint density at radius 2 is 1.76 bits per heavy atom. The van der Waals surface area contributed by atoms with Crippen LogP contribution in [0.3, 0.4) is 0 Å². The monoisotopic (exact) mass is 396 g/mol. The van der Waals surface area contributed by atoms with E-state index in [4.69, 9.17) is 4.74 Å². The van der Waals surface area contributed by atoms with Crippen LogP contribution in [0.1, 0.15) is 40.5 Å². The maximum Gasteiger partial charge on any atom is 0.317 e. The summed E-state index contributed by atoms with van der Waals surface area (Å²) in [5.74, 6) is -1.07. The molecule has 0 aromatic carbocycles. The molecule has 0 saturated carbocycles. The zero-order chi connectivity index (χ0) is 21.1. The van der Waals surface area contributed by atoms with Crippen LogP contribution in [0.5, 0.6) is 0 Å². The van der Waals surface area contributed by atoms with Gasteiger partial charge in [-0.2, -0.15) is 0 Å². The zero-order valence-electron chi connectivity index (χ0n) is 17.7. The van der Waals surface area contributed by atoms with Crippen molar-refractivity contribution in [2.75, 3.05) is 0 Å². The van der Waals surface area contributed by atoms with Gasteiger partial charge in [0.1, 0.15) is 12.0 Å². The predicted molar refractivity (Wildman–Crippen MR) is 114 cm³/mol. The Morgan fingerprint density at radius 3 is 2.52 bits per heavy atom. The van der Waals surface area contributed by atoms with Gasteiger partial charge in [-0.25, -0.2) is 0 Å². The number of fused-ring (bicyclic) bond motifs is 3. The van der Waals surface area contributed by atoms with Crippen molar-refractivity contribution < 1.29 is 19.4 Å². The largest absolute Gasteiger partial charge is 0.512 e. The van der Waals surface area contributed by atoms with Gasteiger partial charge in [-0.15, -0.1) is 0 Å². The van der Waals surface area contributed by atoms with Crippen LogP contribution in [0.25, 0.3) is 0 Å². The number of rotatable bonds is 0. The summed E-state index contributed by atoms with van der Waals surface area (Å²) in [7, 11) is 0. The van der Waals surface area contributed by atoms with Crippen molar-refractivity contribution in [1.29, 1.82) is 0 Å². The molecule has 0 fully saturated rings. The maximum atomic E-state index is 12.7. The molecule has 1 heterocycles. The van der Waals surface area contributed by atoms with E-state index in [1.165, 1.54) is 18.6 Å². The Labute approximate surface area is 173 Å². The van der Waals surface area contributed by atoms with E-state index >= 15 is 0 Å². The molecule has 0 saturated heterocycles. The molecule has 0 aromatic rings. The molecule has 1 aliphatic heterocycles. The second-order valence-electron chi connectivity index (χ2n) is 8.77. The average Bonchev–Trinajstić information content (AvgIpc) is 2.68. The van der Waals surface area contributed by atoms with Crippen molar-refractivity contribution in [3.8, 4) is 0 Å². The number of allylic oxidation sites excluding steroid dienone is 9. The Bertz CT molecular complexity index is 798. The predicted octanol–water partition coefficient (Wildman–Crippen LogP) is 5.10. The van der Waals surface area contributed by atoms with Crippen LogP contribution in [-0.2, 0) is 14.3 Å². The molecule has 0 radical (unpaired) electrons. The van der Waals surface area contributed by atoms with Gasteiger partial charge in [-0.1, -0.05) is 49.0 Å². The third-order valence-corrected chi connectivity index (χ3v) is 6.53. The molecule has 0 spiro atoms. The maximum absolute atomic E-state index is 12.7. The summed E-state index contributed by atoms with van der Waals surface area (Å²) >= 11 is 0. The summed E-state index contributed by atoms with van der Waals surface area (Å²) < 4.78 is 5.33. The Morgan fingerprint density at radius 1 is 1.03 bits per heavy atom. The highest BCUT2D eigenvalue weighted by atomic mass is 16.5. The minimum atomic E-state index is -0.939. The third kappa shape index (κ3) is 4.80. The Kier molecular flexibility index (Phi) is 6.61. The van der Waals surface area contributed by atoms with Gasteiger partial charge < -0.3 is 9.84 Å². The molecule has 29 heavy (non-hydrogen) atoms. The number of ketones is 1. The molecule has 7 atom stereocenters. The highest BCUT2D eigenvalue weighted by molar-refractivity contribution is 6.04. The molecule has 0 amide bonds. The highest BCUT2D eigenvalue weighted by Crippen LogP contribution is 2.47. The number of aliphatic hydroxyl groups is 1. The van der Waals surface area contributed by atoms with Crippen molar-refractivity contribution in [3.63, 3.8) is 0 Å². The molecule has 3 aliphatic rings. The van der Waals surface area contributed by atoms with Gasteiger partial charge in [0.2, 0.25) is 0 Å². The summed E-state index contributed by atoms with van der Waals surface area (Å²) in [5, 5.41) is 11.1. The summed E-state index contributed by atoms with van der Waals surface area (Å²) in [5.41, 5.74) is 1.37. The summed E-state index contributed by atoms with van der Waals surface area (Å²) in [6.45, 7) is 7.59. The van der Waals surface area contributed by atoms with E-state index in [1.807, 2.05) is 12.2 Å². The number of carbonyl (C=O) groups excluding carboxylic acids is 2. The van der Waals surface area contributed by atoms with E-state index in [-0.39, 0.29) is 29.4 Å². The lowest BCUT2D eigenvalue weighted by Crippen LogP contribution is -2.37. The summed E-state index contributed by atoms with van der Waals surface area (Å²) in [4.78, 5) is 25.0. The molecule has 0 bridgehead atoms. The third-order valence-electron chi connectivity index (χ3n) is 6.53. The second-order valence-corrected chi connectivity index (χ2v) is 8.77. The Hall–Kier alpha value is -2.36. The average molecular weight is 397 g/mol. The molecule has 0 unspecified atom stereocenters. The zero-order valence-corrected chi connectivity index (χ0v) is 17.7. The van der Waals surface area contributed by atoms with Gasteiger partial charge in [0.25, 0.3) is 0 Å². The van der Waals surface area contributed by atoms with Crippen LogP contribution in [0, 0.1) is 35.5 Å². The number of aliphatic hydroxyl groups excluding tert-OH is 1. The smallest absolute Gasteiger partial charge is 0.317 e. The van der Waals surface area contributed by atoms with Crippen LogP contribution in [-0.4, -0.2) is 23.0 Å². The van der Waals surface area contributed by atoms with E-state index in [2.05, 4.69) is 38.2 Å². The summed E-state index contributed by atoms with van der Waals surface area (Å²) in [6.07, 6.45) is 17.2. The van der Waals surface area contributed by atoms with Crippen LogP contribution in [0.15, 0.2) is 59.9 Å². The van der Waals surface area contributed by atoms with E-state index in [0.717, 1.165) is 12.8 Å². The molecule has 3 rings (SSSR count). The Balaban J connectivity index is 2.01. The number of cyclic esters (lactones) is 1. The first-order chi connectivity index (χ1) is 13.8. The lowest BCUT2D eigenvalue weighted by atomic mass is 9.62. The standard InChI is InChI=1S/C25H32O4/c1-15-9-11-21-19(13-15)10-12-20-16(2)7-5-6-8-17(3)29-25(28)18(4)22(26)14-23(27)24(20)21/h5-10,12,14,16-21,24,27H,11,13H2,1-4H3/b7-5-,8-6+,23-14-/t16-,17+,18+,19-,20+,21-,24-/m0/s1. The van der Waals surface area contributed by atoms with Gasteiger partial charge in [0.05, 0.1) is 5.76 Å². The minimum absolute atomic E-state index is 0.0906. The molecule has 1 N–H and O–H groups in total. The van der Waals surface area contributed by atoms with Gasteiger partial charge in [0.15, 0.2) is 5.78 Å². The fourth-order valence-electron chi connectivity index (χ4n) is 4.73. The SMILES string of the molecule is CC1=CC[C@@H]2[C@H]3/C(O)=C/C(=O)[C@@H](C)C(=O)O[C@H](C)/C=C/C=C\[C@H](C)[C@H]3C=C[C@H]2C1. The van der Waals surface area contributed by atoms with Crippen molar-refractivity contribution in [3.05, 3.63) is 59.9 Å². The van der Waals surface area contributed by atoms with E-state index in [9.17, 15) is 14.7 Å². The highest BCUT2D eigenvalue weighted by Gasteiger charge is 2.41. The molecule has 2 aliphatic carbocycles. The molecule has 4 heteroatoms. The van der Waals surface area contributed by atoms with Crippen LogP contribution < -0.4 is 0 Å². The fraction of sp³-hybridized carbons (Fsp3) is 0.520. The lowest BCUT2D eigenvalue weighted by Gasteiger charge is -2.43. The van der Waals surface area contributed by atoms with E-state index in [0.29, 0.717) is 5.92 Å². The number of ether oxygens (including phenoxy) is 1. The number of esters is 1. The van der Waals surface area contributed by atoms with Crippen molar-refractivity contribution >= 4 is 11.8 Å². The second kappa shape index (κ2) is 8.98. The molecular formula is C25H32O4. The topological polar surface area (TPSA) is 63.6 Å². The normalized spacial score (nSPS) is 42.3. The minimum Gasteiger partial charge on any atom is -0.512 e. The van der Waals surface area contributed by atoms with Gasteiger partial charge in [-0.3, -0.25) is 9.59 Å². The van der Waals surface area contributed by atoms with Crippen molar-refractivity contribution in [2.24, 2.45) is 35.5 Å². The van der Waals surface area contributed by atoms with Gasteiger partial charge in [-0.05, 0) is 63.4 Å². The first-order valence-electron chi connectivity index (χ1n) is 10.6. The van der Waals surface area contributed by atoms with Gasteiger partial charge in [0, 0.05) is 12.0 Å². The fourth-order valence-corrected chi connectivity index (χ4v) is 4.73. The van der Waals surface area contributed by atoms with E-state index in [1.54, 1.807) is 13.0 Å². The molecule has 156 valence electrons.